The Bertz CT molecular complexity index is 663. The van der Waals surface area contributed by atoms with Crippen LogP contribution >= 0.6 is 23.5 Å². The number of hydrogen-bond donors (Lipinski definition) is 1. The molecule has 84 valence electrons. The van der Waals surface area contributed by atoms with Gasteiger partial charge in [-0.05, 0) is 18.2 Å². The summed E-state index contributed by atoms with van der Waals surface area (Å²) in [5.41, 5.74) is 2.57. The van der Waals surface area contributed by atoms with Crippen molar-refractivity contribution in [1.82, 2.24) is 17.5 Å². The largest absolute Gasteiger partial charge is 0.320 e. The molecule has 1 amide bonds. The van der Waals surface area contributed by atoms with Crippen LogP contribution in [-0.4, -0.2) is 23.4 Å². The molecule has 0 unspecified atom stereocenters. The van der Waals surface area contributed by atoms with E-state index in [4.69, 9.17) is 0 Å². The second-order valence-electron chi connectivity index (χ2n) is 3.21. The second-order valence-corrected chi connectivity index (χ2v) is 4.30. The van der Waals surface area contributed by atoms with Gasteiger partial charge in [-0.2, -0.15) is 17.5 Å². The number of aromatic nitrogens is 4. The van der Waals surface area contributed by atoms with Gasteiger partial charge in [-0.15, -0.1) is 0 Å². The highest BCUT2D eigenvalue weighted by atomic mass is 32.1. The van der Waals surface area contributed by atoms with E-state index in [0.29, 0.717) is 11.4 Å². The van der Waals surface area contributed by atoms with Crippen molar-refractivity contribution < 1.29 is 4.79 Å². The molecular formula is C9H5N5OS2. The summed E-state index contributed by atoms with van der Waals surface area (Å²) < 4.78 is 15.8. The Labute approximate surface area is 104 Å². The minimum Gasteiger partial charge on any atom is -0.320 e. The Kier molecular flexibility index (Phi) is 2.50. The summed E-state index contributed by atoms with van der Waals surface area (Å²) in [7, 11) is 0. The molecule has 17 heavy (non-hydrogen) atoms. The van der Waals surface area contributed by atoms with Crippen molar-refractivity contribution in [2.45, 2.75) is 0 Å². The van der Waals surface area contributed by atoms with Crippen LogP contribution in [-0.2, 0) is 0 Å². The smallest absolute Gasteiger partial charge is 0.277 e. The summed E-state index contributed by atoms with van der Waals surface area (Å²) in [6, 6.07) is 5.37. The normalized spacial score (nSPS) is 10.6. The Morgan fingerprint density at radius 1 is 1.12 bits per heavy atom. The lowest BCUT2D eigenvalue weighted by Gasteiger charge is -2.01. The Morgan fingerprint density at radius 3 is 2.82 bits per heavy atom. The van der Waals surface area contributed by atoms with Crippen molar-refractivity contribution in [2.75, 3.05) is 5.32 Å². The highest BCUT2D eigenvalue weighted by molar-refractivity contribution is 7.00. The molecule has 1 N–H and O–H groups in total. The summed E-state index contributed by atoms with van der Waals surface area (Å²) in [5, 5.41) is 2.73. The van der Waals surface area contributed by atoms with Crippen molar-refractivity contribution in [3.05, 3.63) is 30.1 Å². The predicted octanol–water partition coefficient (Wildman–Crippen LogP) is 1.80. The summed E-state index contributed by atoms with van der Waals surface area (Å²) in [4.78, 5) is 11.7. The number of amides is 1. The average molecular weight is 263 g/mol. The van der Waals surface area contributed by atoms with E-state index in [2.05, 4.69) is 22.8 Å². The van der Waals surface area contributed by atoms with E-state index in [1.165, 1.54) is 6.20 Å². The monoisotopic (exact) mass is 263 g/mol. The molecule has 0 saturated carbocycles. The molecule has 2 heterocycles. The van der Waals surface area contributed by atoms with Gasteiger partial charge >= 0.3 is 0 Å². The zero-order valence-electron chi connectivity index (χ0n) is 8.32. The van der Waals surface area contributed by atoms with Crippen LogP contribution in [0.1, 0.15) is 10.5 Å². The number of benzene rings is 1. The zero-order chi connectivity index (χ0) is 11.7. The number of rotatable bonds is 2. The molecule has 2 aromatic heterocycles. The van der Waals surface area contributed by atoms with Crippen LogP contribution in [0.2, 0.25) is 0 Å². The number of fused-ring (bicyclic) bond motifs is 1. The number of nitrogens with zero attached hydrogens (tertiary/aromatic N) is 4. The van der Waals surface area contributed by atoms with Crippen molar-refractivity contribution in [2.24, 2.45) is 0 Å². The molecule has 0 aliphatic carbocycles. The summed E-state index contributed by atoms with van der Waals surface area (Å²) in [6.45, 7) is 0. The second kappa shape index (κ2) is 4.15. The van der Waals surface area contributed by atoms with Crippen molar-refractivity contribution >= 4 is 46.1 Å². The third-order valence-electron chi connectivity index (χ3n) is 2.11. The quantitative estimate of drug-likeness (QED) is 0.762. The van der Waals surface area contributed by atoms with Crippen LogP contribution in [0.25, 0.3) is 11.0 Å². The molecule has 0 aliphatic heterocycles. The molecule has 0 radical (unpaired) electrons. The molecule has 0 bridgehead atoms. The third-order valence-corrected chi connectivity index (χ3v) is 3.14. The van der Waals surface area contributed by atoms with Crippen molar-refractivity contribution in [1.29, 1.82) is 0 Å². The van der Waals surface area contributed by atoms with E-state index in [-0.39, 0.29) is 5.91 Å². The van der Waals surface area contributed by atoms with E-state index in [9.17, 15) is 4.79 Å². The molecule has 3 rings (SSSR count). The molecule has 0 atom stereocenters. The van der Waals surface area contributed by atoms with Gasteiger partial charge in [0.2, 0.25) is 0 Å². The minimum atomic E-state index is -0.277. The van der Waals surface area contributed by atoms with Gasteiger partial charge in [-0.1, -0.05) is 0 Å². The maximum absolute atomic E-state index is 11.7. The summed E-state index contributed by atoms with van der Waals surface area (Å²) >= 11 is 2.15. The van der Waals surface area contributed by atoms with E-state index in [1.807, 2.05) is 6.07 Å². The topological polar surface area (TPSA) is 80.7 Å². The van der Waals surface area contributed by atoms with Crippen LogP contribution in [0.5, 0.6) is 0 Å². The van der Waals surface area contributed by atoms with E-state index in [1.54, 1.807) is 12.1 Å². The van der Waals surface area contributed by atoms with Gasteiger partial charge in [0.05, 0.1) is 29.7 Å². The summed E-state index contributed by atoms with van der Waals surface area (Å²) in [5.74, 6) is -0.277. The first-order chi connectivity index (χ1) is 8.33. The van der Waals surface area contributed by atoms with E-state index < -0.39 is 0 Å². The van der Waals surface area contributed by atoms with Crippen LogP contribution in [0.4, 0.5) is 5.69 Å². The van der Waals surface area contributed by atoms with Gasteiger partial charge in [0.15, 0.2) is 5.69 Å². The molecule has 0 saturated heterocycles. The lowest BCUT2D eigenvalue weighted by atomic mass is 10.2. The lowest BCUT2D eigenvalue weighted by Crippen LogP contribution is -2.11. The molecule has 1 aromatic carbocycles. The Balaban J connectivity index is 1.87. The number of anilines is 1. The van der Waals surface area contributed by atoms with Gasteiger partial charge in [-0.25, -0.2) is 0 Å². The SMILES string of the molecule is O=C(Nc1ccc2nsnc2c1)c1cnsn1. The fourth-order valence-corrected chi connectivity index (χ4v) is 2.25. The molecule has 0 aliphatic rings. The molecule has 0 spiro atoms. The number of hydrogen-bond acceptors (Lipinski definition) is 7. The lowest BCUT2D eigenvalue weighted by molar-refractivity contribution is 0.102. The van der Waals surface area contributed by atoms with Gasteiger partial charge in [0.1, 0.15) is 11.0 Å². The standard InChI is InChI=1S/C9H5N5OS2/c15-9(8-4-10-16-14-8)11-5-1-2-6-7(3-5)13-17-12-6/h1-4H,(H,11,15). The average Bonchev–Trinajstić information content (AvgIpc) is 2.99. The minimum absolute atomic E-state index is 0.277. The van der Waals surface area contributed by atoms with Crippen molar-refractivity contribution in [3.63, 3.8) is 0 Å². The first-order valence-corrected chi connectivity index (χ1v) is 6.10. The molecule has 3 aromatic rings. The van der Waals surface area contributed by atoms with Crippen LogP contribution in [0.3, 0.4) is 0 Å². The van der Waals surface area contributed by atoms with Crippen molar-refractivity contribution in [3.8, 4) is 0 Å². The number of carbonyl (C=O) groups excluding carboxylic acids is 1. The van der Waals surface area contributed by atoms with E-state index in [0.717, 1.165) is 34.5 Å². The van der Waals surface area contributed by atoms with Gasteiger partial charge in [0, 0.05) is 5.69 Å². The molecule has 0 fully saturated rings. The molecule has 8 heteroatoms. The van der Waals surface area contributed by atoms with Gasteiger partial charge in [-0.3, -0.25) is 4.79 Å². The first kappa shape index (κ1) is 10.2. The summed E-state index contributed by atoms with van der Waals surface area (Å²) in [6.07, 6.45) is 1.43. The van der Waals surface area contributed by atoms with E-state index >= 15 is 0 Å². The van der Waals surface area contributed by atoms with Crippen LogP contribution < -0.4 is 5.32 Å². The predicted molar refractivity (Wildman–Crippen MR) is 65.3 cm³/mol. The van der Waals surface area contributed by atoms with Crippen LogP contribution in [0.15, 0.2) is 24.4 Å². The zero-order valence-corrected chi connectivity index (χ0v) is 9.96. The number of nitrogens with one attached hydrogen (secondary N) is 1. The third kappa shape index (κ3) is 1.99. The Hall–Kier alpha value is -1.93. The molecular weight excluding hydrogens is 258 g/mol. The van der Waals surface area contributed by atoms with Gasteiger partial charge in [0.25, 0.3) is 5.91 Å². The highest BCUT2D eigenvalue weighted by Crippen LogP contribution is 2.17. The maximum Gasteiger partial charge on any atom is 0.277 e. The highest BCUT2D eigenvalue weighted by Gasteiger charge is 2.09. The molecule has 6 nitrogen and oxygen atoms in total. The fourth-order valence-electron chi connectivity index (χ4n) is 1.32. The maximum atomic E-state index is 11.7. The van der Waals surface area contributed by atoms with Gasteiger partial charge < -0.3 is 5.32 Å². The van der Waals surface area contributed by atoms with Crippen LogP contribution in [0, 0.1) is 0 Å². The fraction of sp³-hybridized carbons (Fsp3) is 0. The number of carbonyl (C=O) groups is 1. The first-order valence-electron chi connectivity index (χ1n) is 4.64. The Morgan fingerprint density at radius 2 is 2.00 bits per heavy atom.